The maximum atomic E-state index is 14.4. The number of ketones is 1. The Kier molecular flexibility index (Phi) is 22.4. The number of Topliss-reactive ketones (excluding diaryl/α,β-unsaturated/α-hetero) is 1. The summed E-state index contributed by atoms with van der Waals surface area (Å²) in [7, 11) is 5.20. The Morgan fingerprint density at radius 1 is 0.925 bits per heavy atom. The lowest BCUT2D eigenvalue weighted by Gasteiger charge is -2.36. The van der Waals surface area contributed by atoms with Crippen LogP contribution in [0.25, 0.3) is 0 Å². The smallest absolute Gasteiger partial charge is 0.272 e. The molecule has 67 heavy (non-hydrogen) atoms. The summed E-state index contributed by atoms with van der Waals surface area (Å²) in [6.45, 7) is 19.0. The molecular weight excluding hydrogens is 849 g/mol. The van der Waals surface area contributed by atoms with E-state index in [0.717, 1.165) is 69.0 Å². The van der Waals surface area contributed by atoms with Crippen molar-refractivity contribution >= 4 is 29.4 Å². The summed E-state index contributed by atoms with van der Waals surface area (Å²) >= 11 is 0. The summed E-state index contributed by atoms with van der Waals surface area (Å²) in [5.74, 6) is -1.72. The largest absolute Gasteiger partial charge is 0.380 e. The van der Waals surface area contributed by atoms with Crippen LogP contribution in [0.1, 0.15) is 144 Å². The molecule has 10 atom stereocenters. The number of methoxy groups -OCH3 is 2. The molecule has 14 heteroatoms. The Labute approximate surface area is 403 Å². The van der Waals surface area contributed by atoms with Gasteiger partial charge in [-0.05, 0) is 95.3 Å². The van der Waals surface area contributed by atoms with E-state index in [1.807, 2.05) is 83.8 Å². The fraction of sp³-hybridized carbons (Fsp3) is 0.755. The quantitative estimate of drug-likeness (QED) is 0.0599. The van der Waals surface area contributed by atoms with E-state index in [-0.39, 0.29) is 83.9 Å². The third-order valence-corrected chi connectivity index (χ3v) is 14.8. The molecule has 2 aliphatic heterocycles. The minimum Gasteiger partial charge on any atom is -0.380 e. The van der Waals surface area contributed by atoms with Crippen LogP contribution in [0.2, 0.25) is 0 Å². The summed E-state index contributed by atoms with van der Waals surface area (Å²) in [4.78, 5) is 80.4. The van der Waals surface area contributed by atoms with Gasteiger partial charge >= 0.3 is 0 Å². The minimum atomic E-state index is -1.12. The van der Waals surface area contributed by atoms with Crippen molar-refractivity contribution < 1.29 is 38.3 Å². The minimum absolute atomic E-state index is 0.0481. The number of carbonyl (C=O) groups excluding carboxylic acids is 5. The number of nitrogens with zero attached hydrogens (tertiary/aromatic N) is 3. The van der Waals surface area contributed by atoms with Crippen molar-refractivity contribution in [2.75, 3.05) is 54.1 Å². The average molecular weight is 937 g/mol. The lowest BCUT2D eigenvalue weighted by atomic mass is 9.83. The number of hydrogen-bond donors (Lipinski definition) is 3. The Balaban J connectivity index is 1.45. The van der Waals surface area contributed by atoms with Gasteiger partial charge in [-0.1, -0.05) is 110 Å². The summed E-state index contributed by atoms with van der Waals surface area (Å²) in [5, 5.41) is 7.75. The second-order valence-corrected chi connectivity index (χ2v) is 20.6. The molecule has 4 rings (SSSR count). The molecular formula is C53H88N6O8. The Morgan fingerprint density at radius 3 is 2.22 bits per heavy atom. The predicted octanol–water partition coefficient (Wildman–Crippen LogP) is 6.81. The van der Waals surface area contributed by atoms with Gasteiger partial charge in [-0.15, -0.1) is 0 Å². The summed E-state index contributed by atoms with van der Waals surface area (Å²) in [6, 6.07) is 8.44. The number of rotatable bonds is 28. The predicted molar refractivity (Wildman–Crippen MR) is 264 cm³/mol. The first-order valence-corrected chi connectivity index (χ1v) is 25.5. The second kappa shape index (κ2) is 26.9. The topological polar surface area (TPSA) is 173 Å². The molecule has 14 nitrogen and oxygen atoms in total. The number of allylic oxidation sites excluding steroid dienone is 1. The summed E-state index contributed by atoms with van der Waals surface area (Å²) in [6.07, 6.45) is 9.88. The standard InChI is InChI=1S/C53H88N6O8/c1-12-38(7)41(31-37(6)32-44(60)47(35(2)3)55-51(63)48(36(4)5)57(9)27-19-14-13-18-26-54)45(65-10)33-46(61)58-28-22-25-43(58)49(66-11)39(8)50(62)56-53(52(64)59-29-20-21-30-67-59)34-42(53)40-23-16-15-17-24-40/h15-17,23-24,31,35-36,38-39,41-43,45,47-49H,12-14,18-22,25-30,32-34,54H2,1-11H3,(H,55,63)(H,56,62)/b37-31+/t38-,39+,41?,42+,43-,45+,47-,48-,49+,53-/m0/s1. The molecule has 1 unspecified atom stereocenters. The van der Waals surface area contributed by atoms with Crippen molar-refractivity contribution in [1.29, 1.82) is 0 Å². The molecule has 0 spiro atoms. The maximum Gasteiger partial charge on any atom is 0.272 e. The second-order valence-electron chi connectivity index (χ2n) is 20.6. The van der Waals surface area contributed by atoms with Gasteiger partial charge in [-0.2, -0.15) is 0 Å². The molecule has 378 valence electrons. The van der Waals surface area contributed by atoms with Crippen molar-refractivity contribution in [1.82, 2.24) is 25.5 Å². The molecule has 0 radical (unpaired) electrons. The van der Waals surface area contributed by atoms with Crippen molar-refractivity contribution in [3.05, 3.63) is 47.5 Å². The lowest BCUT2D eigenvalue weighted by Crippen LogP contribution is -2.56. The molecule has 1 saturated carbocycles. The van der Waals surface area contributed by atoms with E-state index >= 15 is 0 Å². The van der Waals surface area contributed by atoms with E-state index in [1.54, 1.807) is 14.2 Å². The normalized spacial score (nSPS) is 23.1. The van der Waals surface area contributed by atoms with Crippen molar-refractivity contribution in [3.8, 4) is 0 Å². The molecule has 0 aromatic heterocycles. The number of ether oxygens (including phenoxy) is 2. The number of carbonyl (C=O) groups is 5. The first-order chi connectivity index (χ1) is 32.0. The van der Waals surface area contributed by atoms with E-state index in [0.29, 0.717) is 39.1 Å². The summed E-state index contributed by atoms with van der Waals surface area (Å²) < 4.78 is 12.2. The number of benzene rings is 1. The average Bonchev–Trinajstić information content (AvgIpc) is 3.83. The zero-order chi connectivity index (χ0) is 49.4. The van der Waals surface area contributed by atoms with Crippen LogP contribution in [0.5, 0.6) is 0 Å². The number of amides is 4. The Bertz CT molecular complexity index is 1770. The lowest BCUT2D eigenvalue weighted by molar-refractivity contribution is -0.200. The number of hydroxylamine groups is 2. The van der Waals surface area contributed by atoms with E-state index in [9.17, 15) is 24.0 Å². The van der Waals surface area contributed by atoms with Gasteiger partial charge in [0.15, 0.2) is 5.78 Å². The number of nitrogens with one attached hydrogen (secondary N) is 2. The van der Waals surface area contributed by atoms with Crippen LogP contribution in [-0.4, -0.2) is 134 Å². The zero-order valence-corrected chi connectivity index (χ0v) is 43.0. The van der Waals surface area contributed by atoms with Gasteiger partial charge in [0.05, 0.1) is 49.3 Å². The number of nitrogens with two attached hydrogens (primary N) is 1. The fourth-order valence-electron chi connectivity index (χ4n) is 10.6. The fourth-order valence-corrected chi connectivity index (χ4v) is 10.6. The van der Waals surface area contributed by atoms with E-state index in [1.165, 1.54) is 5.06 Å². The molecule has 2 saturated heterocycles. The molecule has 4 N–H and O–H groups in total. The monoisotopic (exact) mass is 937 g/mol. The molecule has 3 fully saturated rings. The van der Waals surface area contributed by atoms with Crippen LogP contribution < -0.4 is 16.4 Å². The first-order valence-electron chi connectivity index (χ1n) is 25.5. The van der Waals surface area contributed by atoms with Gasteiger partial charge in [-0.3, -0.25) is 33.7 Å². The van der Waals surface area contributed by atoms with Gasteiger partial charge in [0.25, 0.3) is 5.91 Å². The van der Waals surface area contributed by atoms with Crippen LogP contribution in [0.4, 0.5) is 0 Å². The highest BCUT2D eigenvalue weighted by Gasteiger charge is 2.64. The highest BCUT2D eigenvalue weighted by molar-refractivity contribution is 5.96. The van der Waals surface area contributed by atoms with Crippen molar-refractivity contribution in [3.63, 3.8) is 0 Å². The third-order valence-electron chi connectivity index (χ3n) is 14.8. The Morgan fingerprint density at radius 2 is 1.63 bits per heavy atom. The van der Waals surface area contributed by atoms with Gasteiger partial charge in [0.2, 0.25) is 17.7 Å². The number of unbranched alkanes of at least 4 members (excludes halogenated alkanes) is 3. The van der Waals surface area contributed by atoms with Gasteiger partial charge in [0.1, 0.15) is 5.54 Å². The van der Waals surface area contributed by atoms with Crippen molar-refractivity contribution in [2.45, 2.75) is 174 Å². The van der Waals surface area contributed by atoms with E-state index < -0.39 is 29.7 Å². The first kappa shape index (κ1) is 55.9. The van der Waals surface area contributed by atoms with Gasteiger partial charge < -0.3 is 30.7 Å². The van der Waals surface area contributed by atoms with Crippen LogP contribution in [-0.2, 0) is 38.3 Å². The van der Waals surface area contributed by atoms with Crippen LogP contribution in [0.3, 0.4) is 0 Å². The van der Waals surface area contributed by atoms with Gasteiger partial charge in [-0.25, -0.2) is 5.06 Å². The molecule has 3 aliphatic rings. The highest BCUT2D eigenvalue weighted by Crippen LogP contribution is 2.53. The maximum absolute atomic E-state index is 14.4. The van der Waals surface area contributed by atoms with Crippen LogP contribution in [0, 0.1) is 29.6 Å². The molecule has 4 amide bonds. The number of likely N-dealkylation sites (tertiary alicyclic amines) is 1. The highest BCUT2D eigenvalue weighted by atomic mass is 16.7. The molecule has 1 aromatic rings. The van der Waals surface area contributed by atoms with E-state index in [4.69, 9.17) is 20.0 Å². The SMILES string of the molecule is CC[C@H](C)C(/C=C(\C)CC(=O)[C@@H](NC(=O)[C@H](C(C)C)N(C)CCCCCCN)C(C)C)[C@@H](CC(=O)N1CCC[C@H]1[C@H](OC)[C@@H](C)C(=O)N[C@@]1(C(=O)N2CCCCO2)C[C@@H]1c1ccccc1)OC. The molecule has 1 aliphatic carbocycles. The number of hydrogen-bond acceptors (Lipinski definition) is 10. The molecule has 0 bridgehead atoms. The Hall–Kier alpha value is -3.69. The zero-order valence-electron chi connectivity index (χ0n) is 43.0. The number of likely N-dealkylation sites (N-methyl/N-ethyl adjacent to an activating group) is 1. The van der Waals surface area contributed by atoms with E-state index in [2.05, 4.69) is 35.5 Å². The van der Waals surface area contributed by atoms with Gasteiger partial charge in [0, 0.05) is 45.6 Å². The van der Waals surface area contributed by atoms with Crippen molar-refractivity contribution in [2.24, 2.45) is 35.3 Å². The summed E-state index contributed by atoms with van der Waals surface area (Å²) in [5.41, 5.74) is 6.40. The van der Waals surface area contributed by atoms with Crippen LogP contribution in [0.15, 0.2) is 42.0 Å². The third kappa shape index (κ3) is 14.9. The molecule has 1 aromatic carbocycles. The molecule has 2 heterocycles. The van der Waals surface area contributed by atoms with Crippen LogP contribution >= 0.6 is 0 Å².